The molecule has 84 valence electrons. The molecule has 0 aromatic carbocycles. The van der Waals surface area contributed by atoms with Gasteiger partial charge in [-0.15, -0.1) is 0 Å². The molecule has 2 nitrogen and oxygen atoms in total. The standard InChI is InChI=1S/C13H22N2/c1-11(13-14-9-10-15-13)12-7-5-3-2-4-6-8-12/h9-12H,2-8H2,1H3,(H,14,15). The predicted molar refractivity (Wildman–Crippen MR) is 62.8 cm³/mol. The van der Waals surface area contributed by atoms with E-state index in [1.54, 1.807) is 0 Å². The quantitative estimate of drug-likeness (QED) is 0.781. The number of nitrogens with one attached hydrogen (secondary N) is 1. The number of imidazole rings is 1. The van der Waals surface area contributed by atoms with Crippen LogP contribution in [0.2, 0.25) is 0 Å². The molecule has 1 aliphatic carbocycles. The van der Waals surface area contributed by atoms with E-state index in [4.69, 9.17) is 0 Å². The van der Waals surface area contributed by atoms with Crippen molar-refractivity contribution in [1.82, 2.24) is 9.97 Å². The maximum atomic E-state index is 4.39. The Kier molecular flexibility index (Phi) is 3.81. The van der Waals surface area contributed by atoms with Gasteiger partial charge < -0.3 is 4.98 Å². The topological polar surface area (TPSA) is 28.7 Å². The van der Waals surface area contributed by atoms with Crippen LogP contribution in [0.3, 0.4) is 0 Å². The summed E-state index contributed by atoms with van der Waals surface area (Å²) in [6.07, 6.45) is 13.7. The van der Waals surface area contributed by atoms with Gasteiger partial charge in [0.1, 0.15) is 5.82 Å². The molecule has 2 rings (SSSR count). The van der Waals surface area contributed by atoms with E-state index >= 15 is 0 Å². The molecular formula is C13H22N2. The Morgan fingerprint density at radius 1 is 1.20 bits per heavy atom. The molecule has 0 radical (unpaired) electrons. The molecule has 2 heteroatoms. The van der Waals surface area contributed by atoms with Crippen LogP contribution in [0, 0.1) is 5.92 Å². The van der Waals surface area contributed by atoms with Crippen molar-refractivity contribution >= 4 is 0 Å². The predicted octanol–water partition coefficient (Wildman–Crippen LogP) is 3.87. The SMILES string of the molecule is CC(c1ncc[nH]1)C1CCCCCCC1. The van der Waals surface area contributed by atoms with E-state index in [0.717, 1.165) is 5.92 Å². The number of nitrogens with zero attached hydrogens (tertiary/aromatic N) is 1. The Hall–Kier alpha value is -0.790. The Morgan fingerprint density at radius 3 is 2.47 bits per heavy atom. The third-order valence-corrected chi connectivity index (χ3v) is 3.81. The molecule has 0 spiro atoms. The highest BCUT2D eigenvalue weighted by Gasteiger charge is 2.21. The van der Waals surface area contributed by atoms with E-state index in [1.807, 2.05) is 12.4 Å². The maximum Gasteiger partial charge on any atom is 0.109 e. The van der Waals surface area contributed by atoms with Crippen molar-refractivity contribution in [1.29, 1.82) is 0 Å². The molecule has 1 atom stereocenters. The summed E-state index contributed by atoms with van der Waals surface area (Å²) in [6.45, 7) is 2.32. The van der Waals surface area contributed by atoms with Gasteiger partial charge in [-0.05, 0) is 18.8 Å². The summed E-state index contributed by atoms with van der Waals surface area (Å²) in [6, 6.07) is 0. The molecular weight excluding hydrogens is 184 g/mol. The minimum Gasteiger partial charge on any atom is -0.348 e. The van der Waals surface area contributed by atoms with Crippen LogP contribution in [0.15, 0.2) is 12.4 Å². The Bertz CT molecular complexity index is 258. The van der Waals surface area contributed by atoms with Gasteiger partial charge in [0.15, 0.2) is 0 Å². The first-order valence-corrected chi connectivity index (χ1v) is 6.37. The van der Waals surface area contributed by atoms with Crippen LogP contribution in [-0.2, 0) is 0 Å². The second-order valence-electron chi connectivity index (χ2n) is 4.87. The van der Waals surface area contributed by atoms with Crippen LogP contribution in [-0.4, -0.2) is 9.97 Å². The van der Waals surface area contributed by atoms with Crippen LogP contribution >= 0.6 is 0 Å². The minimum absolute atomic E-state index is 0.609. The lowest BCUT2D eigenvalue weighted by atomic mass is 9.82. The summed E-state index contributed by atoms with van der Waals surface area (Å²) >= 11 is 0. The summed E-state index contributed by atoms with van der Waals surface area (Å²) in [5.74, 6) is 2.63. The van der Waals surface area contributed by atoms with E-state index in [2.05, 4.69) is 16.9 Å². The summed E-state index contributed by atoms with van der Waals surface area (Å²) in [5.41, 5.74) is 0. The molecule has 1 aromatic rings. The molecule has 1 aliphatic rings. The van der Waals surface area contributed by atoms with Gasteiger partial charge in [-0.2, -0.15) is 0 Å². The number of aromatic amines is 1. The average molecular weight is 206 g/mol. The third kappa shape index (κ3) is 2.83. The lowest BCUT2D eigenvalue weighted by molar-refractivity contribution is 0.329. The third-order valence-electron chi connectivity index (χ3n) is 3.81. The number of H-pyrrole nitrogens is 1. The molecule has 1 N–H and O–H groups in total. The average Bonchev–Trinajstić information content (AvgIpc) is 2.68. The van der Waals surface area contributed by atoms with Crippen LogP contribution in [0.1, 0.15) is 63.6 Å². The molecule has 15 heavy (non-hydrogen) atoms. The molecule has 0 saturated heterocycles. The first-order chi connectivity index (χ1) is 7.38. The second-order valence-corrected chi connectivity index (χ2v) is 4.87. The van der Waals surface area contributed by atoms with Crippen molar-refractivity contribution in [3.8, 4) is 0 Å². The lowest BCUT2D eigenvalue weighted by Crippen LogP contribution is -2.13. The van der Waals surface area contributed by atoms with Crippen molar-refractivity contribution in [2.75, 3.05) is 0 Å². The highest BCUT2D eigenvalue weighted by molar-refractivity contribution is 4.97. The zero-order valence-corrected chi connectivity index (χ0v) is 9.71. The summed E-state index contributed by atoms with van der Waals surface area (Å²) in [5, 5.41) is 0. The van der Waals surface area contributed by atoms with Crippen LogP contribution in [0.4, 0.5) is 0 Å². The largest absolute Gasteiger partial charge is 0.348 e. The van der Waals surface area contributed by atoms with Crippen LogP contribution < -0.4 is 0 Å². The van der Waals surface area contributed by atoms with E-state index in [-0.39, 0.29) is 0 Å². The molecule has 1 saturated carbocycles. The number of rotatable bonds is 2. The molecule has 0 aliphatic heterocycles. The number of hydrogen-bond acceptors (Lipinski definition) is 1. The van der Waals surface area contributed by atoms with Gasteiger partial charge in [-0.25, -0.2) is 4.98 Å². The Balaban J connectivity index is 1.95. The van der Waals surface area contributed by atoms with Crippen molar-refractivity contribution in [2.24, 2.45) is 5.92 Å². The first kappa shape index (κ1) is 10.7. The highest BCUT2D eigenvalue weighted by Crippen LogP contribution is 2.32. The van der Waals surface area contributed by atoms with Crippen molar-refractivity contribution < 1.29 is 0 Å². The molecule has 1 unspecified atom stereocenters. The fourth-order valence-corrected chi connectivity index (χ4v) is 2.74. The minimum atomic E-state index is 0.609. The van der Waals surface area contributed by atoms with Crippen molar-refractivity contribution in [3.05, 3.63) is 18.2 Å². The monoisotopic (exact) mass is 206 g/mol. The van der Waals surface area contributed by atoms with Gasteiger partial charge in [-0.1, -0.05) is 39.0 Å². The van der Waals surface area contributed by atoms with E-state index in [9.17, 15) is 0 Å². The molecule has 1 fully saturated rings. The number of aromatic nitrogens is 2. The molecule has 1 heterocycles. The Labute approximate surface area is 92.5 Å². The van der Waals surface area contributed by atoms with Crippen molar-refractivity contribution in [3.63, 3.8) is 0 Å². The normalized spacial score (nSPS) is 21.9. The van der Waals surface area contributed by atoms with Gasteiger partial charge in [-0.3, -0.25) is 0 Å². The first-order valence-electron chi connectivity index (χ1n) is 6.37. The smallest absolute Gasteiger partial charge is 0.109 e. The number of hydrogen-bond donors (Lipinski definition) is 1. The van der Waals surface area contributed by atoms with Gasteiger partial charge in [0.05, 0.1) is 0 Å². The molecule has 1 aromatic heterocycles. The van der Waals surface area contributed by atoms with Gasteiger partial charge in [0.25, 0.3) is 0 Å². The van der Waals surface area contributed by atoms with E-state index in [0.29, 0.717) is 5.92 Å². The summed E-state index contributed by atoms with van der Waals surface area (Å²) < 4.78 is 0. The maximum absolute atomic E-state index is 4.39. The Morgan fingerprint density at radius 2 is 1.87 bits per heavy atom. The second kappa shape index (κ2) is 5.34. The van der Waals surface area contributed by atoms with Crippen molar-refractivity contribution in [2.45, 2.75) is 57.8 Å². The molecule has 0 amide bonds. The van der Waals surface area contributed by atoms with Crippen LogP contribution in [0.25, 0.3) is 0 Å². The van der Waals surface area contributed by atoms with E-state index in [1.165, 1.54) is 50.8 Å². The van der Waals surface area contributed by atoms with E-state index < -0.39 is 0 Å². The fraction of sp³-hybridized carbons (Fsp3) is 0.769. The van der Waals surface area contributed by atoms with Crippen LogP contribution in [0.5, 0.6) is 0 Å². The molecule has 0 bridgehead atoms. The fourth-order valence-electron chi connectivity index (χ4n) is 2.74. The van der Waals surface area contributed by atoms with Gasteiger partial charge in [0.2, 0.25) is 0 Å². The summed E-state index contributed by atoms with van der Waals surface area (Å²) in [4.78, 5) is 7.65. The summed E-state index contributed by atoms with van der Waals surface area (Å²) in [7, 11) is 0. The van der Waals surface area contributed by atoms with Gasteiger partial charge >= 0.3 is 0 Å². The lowest BCUT2D eigenvalue weighted by Gasteiger charge is -2.24. The highest BCUT2D eigenvalue weighted by atomic mass is 14.9. The van der Waals surface area contributed by atoms with Gasteiger partial charge in [0, 0.05) is 18.3 Å². The zero-order valence-electron chi connectivity index (χ0n) is 9.71. The zero-order chi connectivity index (χ0) is 10.5.